The van der Waals surface area contributed by atoms with Gasteiger partial charge in [0.15, 0.2) is 12.0 Å². The first kappa shape index (κ1) is 8.64. The van der Waals surface area contributed by atoms with E-state index in [9.17, 15) is 0 Å². The lowest BCUT2D eigenvalue weighted by atomic mass is 10.1. The predicted octanol–water partition coefficient (Wildman–Crippen LogP) is 2.92. The third-order valence-electron chi connectivity index (χ3n) is 2.94. The topological polar surface area (TPSA) is 51.8 Å². The van der Waals surface area contributed by atoms with E-state index in [2.05, 4.69) is 15.0 Å². The molecule has 2 aromatic carbocycles. The number of hydrogen-bond donors (Lipinski definition) is 0. The van der Waals surface area contributed by atoms with Gasteiger partial charge < -0.3 is 4.42 Å². The average Bonchev–Trinajstić information content (AvgIpc) is 2.83. The van der Waals surface area contributed by atoms with Gasteiger partial charge in [-0.3, -0.25) is 0 Å². The molecule has 0 saturated heterocycles. The Morgan fingerprint density at radius 3 is 2.94 bits per heavy atom. The largest absolute Gasteiger partial charge is 0.443 e. The molecule has 0 aliphatic carbocycles. The van der Waals surface area contributed by atoms with Crippen molar-refractivity contribution < 1.29 is 4.42 Å². The summed E-state index contributed by atoms with van der Waals surface area (Å²) in [4.78, 5) is 12.5. The van der Waals surface area contributed by atoms with Crippen LogP contribution in [0.15, 0.2) is 47.6 Å². The van der Waals surface area contributed by atoms with Crippen LogP contribution in [-0.2, 0) is 0 Å². The fourth-order valence-electron chi connectivity index (χ4n) is 2.13. The van der Waals surface area contributed by atoms with Crippen molar-refractivity contribution in [3.63, 3.8) is 0 Å². The van der Waals surface area contributed by atoms with Crippen LogP contribution >= 0.6 is 0 Å². The molecule has 0 aliphatic rings. The fraction of sp³-hybridized carbons (Fsp3) is 0. The summed E-state index contributed by atoms with van der Waals surface area (Å²) in [5.74, 6) is 0. The van der Waals surface area contributed by atoms with Gasteiger partial charge in [-0.25, -0.2) is 15.0 Å². The molecule has 0 aliphatic heterocycles. The zero-order chi connectivity index (χ0) is 11.2. The normalized spacial score (nSPS) is 11.5. The third-order valence-corrected chi connectivity index (χ3v) is 2.94. The quantitative estimate of drug-likeness (QED) is 0.428. The molecule has 4 aromatic rings. The van der Waals surface area contributed by atoms with Crippen LogP contribution in [0.1, 0.15) is 0 Å². The average molecular weight is 221 g/mol. The second-order valence-electron chi connectivity index (χ2n) is 3.92. The lowest BCUT2D eigenvalue weighted by Crippen LogP contribution is -1.83. The van der Waals surface area contributed by atoms with E-state index >= 15 is 0 Å². The lowest BCUT2D eigenvalue weighted by molar-refractivity contribution is 0.602. The van der Waals surface area contributed by atoms with Gasteiger partial charge in [-0.2, -0.15) is 0 Å². The number of aromatic nitrogens is 3. The first-order chi connectivity index (χ1) is 8.42. The summed E-state index contributed by atoms with van der Waals surface area (Å²) in [5, 5.41) is 3.20. The zero-order valence-corrected chi connectivity index (χ0v) is 8.79. The molecule has 0 amide bonds. The number of nitrogens with zero attached hydrogens (tertiary/aromatic N) is 3. The number of hydrogen-bond acceptors (Lipinski definition) is 4. The molecule has 0 saturated carbocycles. The maximum absolute atomic E-state index is 5.29. The number of oxazole rings is 1. The summed E-state index contributed by atoms with van der Waals surface area (Å²) >= 11 is 0. The Labute approximate surface area is 95.9 Å². The van der Waals surface area contributed by atoms with Gasteiger partial charge in [0.2, 0.25) is 0 Å². The molecule has 0 unspecified atom stereocenters. The highest BCUT2D eigenvalue weighted by molar-refractivity contribution is 6.08. The minimum Gasteiger partial charge on any atom is -0.443 e. The molecule has 80 valence electrons. The summed E-state index contributed by atoms with van der Waals surface area (Å²) in [6, 6.07) is 8.05. The Hall–Kier alpha value is -2.49. The van der Waals surface area contributed by atoms with E-state index in [1.54, 1.807) is 6.33 Å². The number of benzene rings is 2. The van der Waals surface area contributed by atoms with Crippen LogP contribution < -0.4 is 0 Å². The SMILES string of the molecule is c1ncc2ccc3cc4ocnc4cc3c2n1. The van der Waals surface area contributed by atoms with Gasteiger partial charge >= 0.3 is 0 Å². The van der Waals surface area contributed by atoms with Crippen molar-refractivity contribution in [2.45, 2.75) is 0 Å². The van der Waals surface area contributed by atoms with Gasteiger partial charge in [-0.1, -0.05) is 12.1 Å². The van der Waals surface area contributed by atoms with Crippen LogP contribution in [0.4, 0.5) is 0 Å². The molecule has 0 fully saturated rings. The Kier molecular flexibility index (Phi) is 1.53. The monoisotopic (exact) mass is 221 g/mol. The molecule has 0 spiro atoms. The molecule has 2 aromatic heterocycles. The van der Waals surface area contributed by atoms with Gasteiger partial charge in [0.1, 0.15) is 11.8 Å². The smallest absolute Gasteiger partial charge is 0.181 e. The van der Waals surface area contributed by atoms with E-state index in [-0.39, 0.29) is 0 Å². The highest BCUT2D eigenvalue weighted by Gasteiger charge is 2.05. The van der Waals surface area contributed by atoms with Gasteiger partial charge in [0.25, 0.3) is 0 Å². The van der Waals surface area contributed by atoms with E-state index < -0.39 is 0 Å². The van der Waals surface area contributed by atoms with Crippen molar-refractivity contribution in [1.29, 1.82) is 0 Å². The number of fused-ring (bicyclic) bond motifs is 4. The first-order valence-corrected chi connectivity index (χ1v) is 5.27. The van der Waals surface area contributed by atoms with Crippen molar-refractivity contribution in [2.75, 3.05) is 0 Å². The summed E-state index contributed by atoms with van der Waals surface area (Å²) in [6.45, 7) is 0. The highest BCUT2D eigenvalue weighted by Crippen LogP contribution is 2.27. The van der Waals surface area contributed by atoms with Crippen LogP contribution in [0.2, 0.25) is 0 Å². The van der Waals surface area contributed by atoms with Gasteiger partial charge in [-0.15, -0.1) is 0 Å². The zero-order valence-electron chi connectivity index (χ0n) is 8.79. The predicted molar refractivity (Wildman–Crippen MR) is 64.6 cm³/mol. The first-order valence-electron chi connectivity index (χ1n) is 5.27. The second kappa shape index (κ2) is 3.01. The van der Waals surface area contributed by atoms with Gasteiger partial charge in [0, 0.05) is 17.0 Å². The van der Waals surface area contributed by atoms with E-state index in [1.807, 2.05) is 30.5 Å². The summed E-state index contributed by atoms with van der Waals surface area (Å²) in [5.41, 5.74) is 2.59. The van der Waals surface area contributed by atoms with Crippen LogP contribution in [0, 0.1) is 0 Å². The number of rotatable bonds is 0. The van der Waals surface area contributed by atoms with E-state index in [0.717, 1.165) is 32.8 Å². The summed E-state index contributed by atoms with van der Waals surface area (Å²) < 4.78 is 5.29. The van der Waals surface area contributed by atoms with Crippen LogP contribution in [0.3, 0.4) is 0 Å². The standard InChI is InChI=1S/C13H7N3O/c1-2-9-5-14-6-15-13(9)10-4-11-12(3-8(1)10)17-7-16-11/h1-7H. The Morgan fingerprint density at radius 2 is 1.94 bits per heavy atom. The molecule has 17 heavy (non-hydrogen) atoms. The van der Waals surface area contributed by atoms with Crippen molar-refractivity contribution in [1.82, 2.24) is 15.0 Å². The van der Waals surface area contributed by atoms with Crippen molar-refractivity contribution in [3.8, 4) is 0 Å². The van der Waals surface area contributed by atoms with Crippen molar-refractivity contribution in [3.05, 3.63) is 43.2 Å². The van der Waals surface area contributed by atoms with Crippen molar-refractivity contribution >= 4 is 32.8 Å². The minimum absolute atomic E-state index is 0.797. The molecule has 0 atom stereocenters. The molecular weight excluding hydrogens is 214 g/mol. The molecule has 0 radical (unpaired) electrons. The molecule has 4 rings (SSSR count). The van der Waals surface area contributed by atoms with E-state index in [1.165, 1.54) is 6.39 Å². The molecule has 2 heterocycles. The maximum Gasteiger partial charge on any atom is 0.181 e. The van der Waals surface area contributed by atoms with Crippen LogP contribution in [-0.4, -0.2) is 15.0 Å². The van der Waals surface area contributed by atoms with E-state index in [0.29, 0.717) is 0 Å². The Bertz CT molecular complexity index is 851. The lowest BCUT2D eigenvalue weighted by Gasteiger charge is -2.01. The van der Waals surface area contributed by atoms with E-state index in [4.69, 9.17) is 4.42 Å². The maximum atomic E-state index is 5.29. The highest BCUT2D eigenvalue weighted by atomic mass is 16.3. The van der Waals surface area contributed by atoms with Crippen LogP contribution in [0.5, 0.6) is 0 Å². The molecule has 4 heteroatoms. The van der Waals surface area contributed by atoms with Gasteiger partial charge in [0.05, 0.1) is 5.52 Å². The molecule has 0 N–H and O–H groups in total. The summed E-state index contributed by atoms with van der Waals surface area (Å²) in [6.07, 6.45) is 4.84. The molecule has 0 bridgehead atoms. The molecular formula is C13H7N3O. The fourth-order valence-corrected chi connectivity index (χ4v) is 2.13. The third kappa shape index (κ3) is 1.15. The Balaban J connectivity index is 2.30. The molecule has 4 nitrogen and oxygen atoms in total. The van der Waals surface area contributed by atoms with Gasteiger partial charge in [-0.05, 0) is 17.5 Å². The minimum atomic E-state index is 0.797. The Morgan fingerprint density at radius 1 is 1.00 bits per heavy atom. The van der Waals surface area contributed by atoms with Crippen molar-refractivity contribution in [2.24, 2.45) is 0 Å². The van der Waals surface area contributed by atoms with Crippen LogP contribution in [0.25, 0.3) is 32.8 Å². The summed E-state index contributed by atoms with van der Waals surface area (Å²) in [7, 11) is 0. The second-order valence-corrected chi connectivity index (χ2v) is 3.92.